The van der Waals surface area contributed by atoms with Crippen LogP contribution in [0.1, 0.15) is 60.3 Å². The first-order valence-corrected chi connectivity index (χ1v) is 12.4. The van der Waals surface area contributed by atoms with Crippen molar-refractivity contribution in [2.24, 2.45) is 5.92 Å². The van der Waals surface area contributed by atoms with E-state index in [1.54, 1.807) is 9.80 Å². The molecule has 1 atom stereocenters. The third-order valence-corrected chi connectivity index (χ3v) is 6.22. The van der Waals surface area contributed by atoms with Crippen molar-refractivity contribution in [1.29, 1.82) is 0 Å². The Labute approximate surface area is 203 Å². The lowest BCUT2D eigenvalue weighted by Gasteiger charge is -2.37. The predicted molar refractivity (Wildman–Crippen MR) is 134 cm³/mol. The number of ether oxygens (including phenoxy) is 1. The van der Waals surface area contributed by atoms with Crippen LogP contribution in [0.2, 0.25) is 0 Å². The average Bonchev–Trinajstić information content (AvgIpc) is 3.16. The molecule has 8 nitrogen and oxygen atoms in total. The number of nitrogens with zero attached hydrogens (tertiary/aromatic N) is 3. The number of likely N-dealkylation sites (tertiary alicyclic amines) is 1. The maximum Gasteiger partial charge on any atom is 0.410 e. The van der Waals surface area contributed by atoms with Gasteiger partial charge in [-0.2, -0.15) is 0 Å². The summed E-state index contributed by atoms with van der Waals surface area (Å²) in [7, 11) is 0. The van der Waals surface area contributed by atoms with Gasteiger partial charge in [0.2, 0.25) is 11.8 Å². The van der Waals surface area contributed by atoms with Crippen LogP contribution in [0.5, 0.6) is 0 Å². The first-order valence-electron chi connectivity index (χ1n) is 12.4. The van der Waals surface area contributed by atoms with Gasteiger partial charge in [0.15, 0.2) is 0 Å². The van der Waals surface area contributed by atoms with Crippen molar-refractivity contribution in [2.45, 2.75) is 71.9 Å². The van der Waals surface area contributed by atoms with Crippen LogP contribution >= 0.6 is 0 Å². The average molecular weight is 473 g/mol. The number of amides is 3. The molecule has 2 aliphatic heterocycles. The van der Waals surface area contributed by atoms with E-state index in [2.05, 4.69) is 10.2 Å². The zero-order valence-electron chi connectivity index (χ0n) is 21.3. The lowest BCUT2D eigenvalue weighted by Crippen LogP contribution is -2.48. The number of hydrogen-bond donors (Lipinski definition) is 1. The zero-order chi connectivity index (χ0) is 24.9. The van der Waals surface area contributed by atoms with Crippen molar-refractivity contribution in [2.75, 3.05) is 42.9 Å². The molecule has 8 heteroatoms. The fourth-order valence-electron chi connectivity index (χ4n) is 4.65. The second-order valence-electron chi connectivity index (χ2n) is 10.7. The fourth-order valence-corrected chi connectivity index (χ4v) is 4.65. The Morgan fingerprint density at radius 3 is 2.56 bits per heavy atom. The van der Waals surface area contributed by atoms with Crippen LogP contribution in [0.4, 0.5) is 16.2 Å². The Hall–Kier alpha value is -2.61. The second-order valence-corrected chi connectivity index (χ2v) is 10.7. The molecule has 3 rings (SSSR count). The van der Waals surface area contributed by atoms with Crippen LogP contribution in [0.3, 0.4) is 0 Å². The predicted octanol–water partition coefficient (Wildman–Crippen LogP) is 4.11. The third-order valence-electron chi connectivity index (χ3n) is 6.22. The minimum atomic E-state index is -0.531. The molecule has 0 saturated carbocycles. The van der Waals surface area contributed by atoms with Gasteiger partial charge < -0.3 is 19.9 Å². The maximum atomic E-state index is 12.9. The molecular weight excluding hydrogens is 432 g/mol. The molecule has 1 unspecified atom stereocenters. The quantitative estimate of drug-likeness (QED) is 0.646. The Kier molecular flexibility index (Phi) is 8.57. The van der Waals surface area contributed by atoms with Crippen molar-refractivity contribution < 1.29 is 19.1 Å². The first-order chi connectivity index (χ1) is 16.0. The maximum absolute atomic E-state index is 12.9. The van der Waals surface area contributed by atoms with Crippen LogP contribution < -0.4 is 10.2 Å². The molecule has 2 aliphatic rings. The number of carbonyl (C=O) groups excluding carboxylic acids is 3. The zero-order valence-corrected chi connectivity index (χ0v) is 21.3. The number of carbonyl (C=O) groups is 3. The molecule has 1 N–H and O–H groups in total. The van der Waals surface area contributed by atoms with Gasteiger partial charge in [-0.05, 0) is 78.5 Å². The summed E-state index contributed by atoms with van der Waals surface area (Å²) in [6.45, 7) is 12.8. The van der Waals surface area contributed by atoms with Crippen LogP contribution in [0.15, 0.2) is 24.3 Å². The summed E-state index contributed by atoms with van der Waals surface area (Å²) in [5, 5.41) is 3.01. The van der Waals surface area contributed by atoms with E-state index < -0.39 is 5.60 Å². The molecule has 34 heavy (non-hydrogen) atoms. The highest BCUT2D eigenvalue weighted by molar-refractivity contribution is 6.02. The molecule has 0 radical (unpaired) electrons. The topological polar surface area (TPSA) is 82.2 Å². The standard InChI is InChI=1S/C26H40N4O4/c1-19(2)30(25(33)34-26(3,4)5)17-20-10-8-14-28(16-20)18-23(31)27-21-11-6-7-12-22(21)29-15-9-13-24(29)32/h6-7,11-12,19-20H,8-10,13-18H2,1-5H3,(H,27,31). The Balaban J connectivity index is 1.57. The number of hydrogen-bond acceptors (Lipinski definition) is 5. The number of anilines is 2. The van der Waals surface area contributed by atoms with Crippen molar-refractivity contribution in [3.05, 3.63) is 24.3 Å². The molecular formula is C26H40N4O4. The van der Waals surface area contributed by atoms with E-state index in [-0.39, 0.29) is 36.4 Å². The Morgan fingerprint density at radius 1 is 1.18 bits per heavy atom. The molecule has 2 saturated heterocycles. The van der Waals surface area contributed by atoms with E-state index in [1.807, 2.05) is 58.9 Å². The smallest absolute Gasteiger partial charge is 0.410 e. The van der Waals surface area contributed by atoms with Crippen molar-refractivity contribution >= 4 is 29.3 Å². The van der Waals surface area contributed by atoms with Crippen LogP contribution in [-0.4, -0.2) is 72.1 Å². The Bertz CT molecular complexity index is 880. The van der Waals surface area contributed by atoms with Gasteiger partial charge in [-0.15, -0.1) is 0 Å². The molecule has 1 aromatic carbocycles. The number of benzene rings is 1. The monoisotopic (exact) mass is 472 g/mol. The second kappa shape index (κ2) is 11.2. The third kappa shape index (κ3) is 7.19. The molecule has 2 heterocycles. The van der Waals surface area contributed by atoms with Gasteiger partial charge in [-0.25, -0.2) is 4.79 Å². The van der Waals surface area contributed by atoms with E-state index in [9.17, 15) is 14.4 Å². The van der Waals surface area contributed by atoms with Crippen LogP contribution in [-0.2, 0) is 14.3 Å². The summed E-state index contributed by atoms with van der Waals surface area (Å²) in [4.78, 5) is 43.5. The molecule has 0 aliphatic carbocycles. The van der Waals surface area contributed by atoms with Gasteiger partial charge in [-0.3, -0.25) is 14.5 Å². The lowest BCUT2D eigenvalue weighted by atomic mass is 9.97. The van der Waals surface area contributed by atoms with Gasteiger partial charge in [0.05, 0.1) is 17.9 Å². The minimum absolute atomic E-state index is 0.0401. The summed E-state index contributed by atoms with van der Waals surface area (Å²) < 4.78 is 5.60. The summed E-state index contributed by atoms with van der Waals surface area (Å²) in [6.07, 6.45) is 3.10. The molecule has 2 fully saturated rings. The van der Waals surface area contributed by atoms with E-state index in [4.69, 9.17) is 4.74 Å². The van der Waals surface area contributed by atoms with Crippen LogP contribution in [0.25, 0.3) is 0 Å². The van der Waals surface area contributed by atoms with E-state index in [1.165, 1.54) is 0 Å². The van der Waals surface area contributed by atoms with E-state index in [0.717, 1.165) is 38.0 Å². The molecule has 0 aromatic heterocycles. The normalized spacial score (nSPS) is 19.4. The highest BCUT2D eigenvalue weighted by Gasteiger charge is 2.30. The number of rotatable bonds is 7. The van der Waals surface area contributed by atoms with Crippen molar-refractivity contribution in [3.63, 3.8) is 0 Å². The summed E-state index contributed by atoms with van der Waals surface area (Å²) in [6, 6.07) is 7.52. The lowest BCUT2D eigenvalue weighted by molar-refractivity contribution is -0.118. The van der Waals surface area contributed by atoms with E-state index in [0.29, 0.717) is 25.2 Å². The largest absolute Gasteiger partial charge is 0.444 e. The highest BCUT2D eigenvalue weighted by Crippen LogP contribution is 2.29. The molecule has 1 aromatic rings. The van der Waals surface area contributed by atoms with Gasteiger partial charge in [0.25, 0.3) is 0 Å². The minimum Gasteiger partial charge on any atom is -0.444 e. The Morgan fingerprint density at radius 2 is 1.91 bits per heavy atom. The van der Waals surface area contributed by atoms with Crippen molar-refractivity contribution in [1.82, 2.24) is 9.80 Å². The highest BCUT2D eigenvalue weighted by atomic mass is 16.6. The number of piperidine rings is 1. The molecule has 3 amide bonds. The summed E-state index contributed by atoms with van der Waals surface area (Å²) >= 11 is 0. The fraction of sp³-hybridized carbons (Fsp3) is 0.654. The SMILES string of the molecule is CC(C)N(CC1CCCN(CC(=O)Nc2ccccc2N2CCCC2=O)C1)C(=O)OC(C)(C)C. The van der Waals surface area contributed by atoms with Gasteiger partial charge >= 0.3 is 6.09 Å². The number of para-hydroxylation sites is 2. The molecule has 188 valence electrons. The van der Waals surface area contributed by atoms with Crippen molar-refractivity contribution in [3.8, 4) is 0 Å². The summed E-state index contributed by atoms with van der Waals surface area (Å²) in [5.41, 5.74) is 0.906. The number of nitrogens with one attached hydrogen (secondary N) is 1. The van der Waals surface area contributed by atoms with Gasteiger partial charge in [-0.1, -0.05) is 12.1 Å². The van der Waals surface area contributed by atoms with E-state index >= 15 is 0 Å². The van der Waals surface area contributed by atoms with Crippen LogP contribution in [0, 0.1) is 5.92 Å². The van der Waals surface area contributed by atoms with Gasteiger partial charge in [0.1, 0.15) is 5.60 Å². The molecule has 0 spiro atoms. The first kappa shape index (κ1) is 26.0. The van der Waals surface area contributed by atoms with Gasteiger partial charge in [0, 0.05) is 32.1 Å². The summed E-state index contributed by atoms with van der Waals surface area (Å²) in [5.74, 6) is 0.291. The molecule has 0 bridgehead atoms.